The van der Waals surface area contributed by atoms with Crippen molar-refractivity contribution >= 4 is 0 Å². The fourth-order valence-electron chi connectivity index (χ4n) is 1.32. The van der Waals surface area contributed by atoms with Gasteiger partial charge < -0.3 is 9.47 Å². The molecule has 1 unspecified atom stereocenters. The van der Waals surface area contributed by atoms with Gasteiger partial charge in [-0.2, -0.15) is 0 Å². The molecule has 1 atom stereocenters. The molecule has 0 saturated carbocycles. The molecule has 0 aliphatic carbocycles. The molecule has 0 aromatic carbocycles. The summed E-state index contributed by atoms with van der Waals surface area (Å²) in [4.78, 5) is 2.36. The Balaban J connectivity index is 3.94. The van der Waals surface area contributed by atoms with Gasteiger partial charge in [-0.15, -0.1) is 0 Å². The third kappa shape index (κ3) is 4.60. The number of likely N-dealkylation sites (N-methyl/N-ethyl adjacent to an activating group) is 1. The molecular weight excluding hydrogens is 166 g/mol. The van der Waals surface area contributed by atoms with Crippen molar-refractivity contribution in [3.63, 3.8) is 0 Å². The van der Waals surface area contributed by atoms with Crippen LogP contribution >= 0.6 is 0 Å². The normalized spacial score (nSPS) is 14.1. The smallest absolute Gasteiger partial charge is 0.169 e. The molecule has 13 heavy (non-hydrogen) atoms. The van der Waals surface area contributed by atoms with Crippen molar-refractivity contribution < 1.29 is 9.47 Å². The molecule has 0 fully saturated rings. The Morgan fingerprint density at radius 1 is 1.15 bits per heavy atom. The first kappa shape index (κ1) is 12.9. The summed E-state index contributed by atoms with van der Waals surface area (Å²) in [5.41, 5.74) is 0. The maximum Gasteiger partial charge on any atom is 0.169 e. The van der Waals surface area contributed by atoms with E-state index >= 15 is 0 Å². The highest BCUT2D eigenvalue weighted by molar-refractivity contribution is 4.65. The zero-order chi connectivity index (χ0) is 10.3. The molecule has 0 aliphatic rings. The average Bonchev–Trinajstić information content (AvgIpc) is 2.19. The van der Waals surface area contributed by atoms with E-state index in [1.165, 1.54) is 0 Å². The van der Waals surface area contributed by atoms with E-state index < -0.39 is 0 Å². The minimum absolute atomic E-state index is 0.103. The summed E-state index contributed by atoms with van der Waals surface area (Å²) in [6.45, 7) is 8.47. The standard InChI is InChI=1S/C10H23NO2/c1-6-9(3)11(7-2)8-10(12-4)13-5/h9-10H,6-8H2,1-5H3. The maximum absolute atomic E-state index is 5.16. The van der Waals surface area contributed by atoms with Crippen LogP contribution in [-0.4, -0.2) is 44.5 Å². The van der Waals surface area contributed by atoms with Crippen molar-refractivity contribution in [1.82, 2.24) is 4.90 Å². The minimum atomic E-state index is -0.103. The molecule has 3 nitrogen and oxygen atoms in total. The van der Waals surface area contributed by atoms with E-state index in [1.807, 2.05) is 0 Å². The number of rotatable bonds is 7. The molecule has 0 saturated heterocycles. The number of ether oxygens (including phenoxy) is 2. The lowest BCUT2D eigenvalue weighted by molar-refractivity contribution is -0.119. The van der Waals surface area contributed by atoms with Crippen LogP contribution in [0.4, 0.5) is 0 Å². The van der Waals surface area contributed by atoms with Crippen LogP contribution in [0, 0.1) is 0 Å². The Morgan fingerprint density at radius 2 is 1.69 bits per heavy atom. The van der Waals surface area contributed by atoms with Crippen LogP contribution in [0.5, 0.6) is 0 Å². The third-order valence-electron chi connectivity index (χ3n) is 2.53. The van der Waals surface area contributed by atoms with Crippen LogP contribution in [-0.2, 0) is 9.47 Å². The molecule has 0 aliphatic heterocycles. The Labute approximate surface area is 82.0 Å². The number of nitrogens with zero attached hydrogens (tertiary/aromatic N) is 1. The molecule has 0 radical (unpaired) electrons. The predicted molar refractivity (Wildman–Crippen MR) is 54.8 cm³/mol. The molecule has 0 spiro atoms. The average molecular weight is 189 g/mol. The highest BCUT2D eigenvalue weighted by Crippen LogP contribution is 2.05. The highest BCUT2D eigenvalue weighted by Gasteiger charge is 2.15. The third-order valence-corrected chi connectivity index (χ3v) is 2.53. The van der Waals surface area contributed by atoms with Gasteiger partial charge in [0.25, 0.3) is 0 Å². The first-order chi connectivity index (χ1) is 6.19. The molecule has 0 heterocycles. The number of methoxy groups -OCH3 is 2. The monoisotopic (exact) mass is 189 g/mol. The fourth-order valence-corrected chi connectivity index (χ4v) is 1.32. The van der Waals surface area contributed by atoms with Crippen LogP contribution in [0.25, 0.3) is 0 Å². The first-order valence-corrected chi connectivity index (χ1v) is 4.99. The summed E-state index contributed by atoms with van der Waals surface area (Å²) < 4.78 is 10.3. The van der Waals surface area contributed by atoms with Gasteiger partial charge in [-0.1, -0.05) is 13.8 Å². The summed E-state index contributed by atoms with van der Waals surface area (Å²) in [5.74, 6) is 0. The van der Waals surface area contributed by atoms with E-state index in [2.05, 4.69) is 25.7 Å². The van der Waals surface area contributed by atoms with E-state index in [0.29, 0.717) is 6.04 Å². The van der Waals surface area contributed by atoms with Crippen LogP contribution < -0.4 is 0 Å². The molecule has 0 amide bonds. The van der Waals surface area contributed by atoms with Gasteiger partial charge in [0, 0.05) is 26.8 Å². The summed E-state index contributed by atoms with van der Waals surface area (Å²) >= 11 is 0. The summed E-state index contributed by atoms with van der Waals surface area (Å²) in [6.07, 6.45) is 1.06. The second-order valence-electron chi connectivity index (χ2n) is 3.25. The summed E-state index contributed by atoms with van der Waals surface area (Å²) in [5, 5.41) is 0. The maximum atomic E-state index is 5.16. The second-order valence-corrected chi connectivity index (χ2v) is 3.25. The molecule has 0 bridgehead atoms. The molecule has 0 aromatic rings. The molecule has 0 rings (SSSR count). The van der Waals surface area contributed by atoms with Gasteiger partial charge in [0.1, 0.15) is 0 Å². The van der Waals surface area contributed by atoms with Gasteiger partial charge in [-0.3, -0.25) is 4.90 Å². The largest absolute Gasteiger partial charge is 0.355 e. The van der Waals surface area contributed by atoms with Crippen molar-refractivity contribution in [2.75, 3.05) is 27.3 Å². The first-order valence-electron chi connectivity index (χ1n) is 4.99. The van der Waals surface area contributed by atoms with Gasteiger partial charge in [0.05, 0.1) is 0 Å². The van der Waals surface area contributed by atoms with Gasteiger partial charge in [-0.05, 0) is 19.9 Å². The van der Waals surface area contributed by atoms with E-state index in [0.717, 1.165) is 19.5 Å². The van der Waals surface area contributed by atoms with Crippen LogP contribution in [0.3, 0.4) is 0 Å². The molecule has 0 N–H and O–H groups in total. The quantitative estimate of drug-likeness (QED) is 0.569. The van der Waals surface area contributed by atoms with Gasteiger partial charge in [0.15, 0.2) is 6.29 Å². The summed E-state index contributed by atoms with van der Waals surface area (Å²) in [6, 6.07) is 0.595. The van der Waals surface area contributed by atoms with Crippen molar-refractivity contribution in [2.45, 2.75) is 39.5 Å². The van der Waals surface area contributed by atoms with Crippen molar-refractivity contribution in [1.29, 1.82) is 0 Å². The summed E-state index contributed by atoms with van der Waals surface area (Å²) in [7, 11) is 3.36. The Hall–Kier alpha value is -0.120. The van der Waals surface area contributed by atoms with Gasteiger partial charge in [0.2, 0.25) is 0 Å². The van der Waals surface area contributed by atoms with Crippen molar-refractivity contribution in [3.8, 4) is 0 Å². The van der Waals surface area contributed by atoms with Crippen LogP contribution in [0.1, 0.15) is 27.2 Å². The lowest BCUT2D eigenvalue weighted by Gasteiger charge is -2.29. The van der Waals surface area contributed by atoms with Gasteiger partial charge in [-0.25, -0.2) is 0 Å². The highest BCUT2D eigenvalue weighted by atomic mass is 16.7. The zero-order valence-electron chi connectivity index (χ0n) is 9.54. The Bertz CT molecular complexity index is 115. The van der Waals surface area contributed by atoms with E-state index in [9.17, 15) is 0 Å². The predicted octanol–water partition coefficient (Wildman–Crippen LogP) is 1.73. The second kappa shape index (κ2) is 7.30. The molecule has 80 valence electrons. The molecular formula is C10H23NO2. The fraction of sp³-hybridized carbons (Fsp3) is 1.00. The number of hydrogen-bond donors (Lipinski definition) is 0. The zero-order valence-corrected chi connectivity index (χ0v) is 9.54. The van der Waals surface area contributed by atoms with Crippen LogP contribution in [0.15, 0.2) is 0 Å². The lowest BCUT2D eigenvalue weighted by atomic mass is 10.2. The Morgan fingerprint density at radius 3 is 2.00 bits per heavy atom. The Kier molecular flexibility index (Phi) is 7.23. The minimum Gasteiger partial charge on any atom is -0.355 e. The topological polar surface area (TPSA) is 21.7 Å². The molecule has 3 heteroatoms. The van der Waals surface area contributed by atoms with Gasteiger partial charge >= 0.3 is 0 Å². The SMILES string of the molecule is CCC(C)N(CC)CC(OC)OC. The van der Waals surface area contributed by atoms with E-state index in [-0.39, 0.29) is 6.29 Å². The van der Waals surface area contributed by atoms with E-state index in [4.69, 9.17) is 9.47 Å². The lowest BCUT2D eigenvalue weighted by Crippen LogP contribution is -2.39. The van der Waals surface area contributed by atoms with Crippen molar-refractivity contribution in [3.05, 3.63) is 0 Å². The van der Waals surface area contributed by atoms with Crippen LogP contribution in [0.2, 0.25) is 0 Å². The molecule has 0 aromatic heterocycles. The van der Waals surface area contributed by atoms with Crippen molar-refractivity contribution in [2.24, 2.45) is 0 Å². The number of hydrogen-bond acceptors (Lipinski definition) is 3. The van der Waals surface area contributed by atoms with E-state index in [1.54, 1.807) is 14.2 Å².